The van der Waals surface area contributed by atoms with Crippen molar-refractivity contribution in [2.24, 2.45) is 41.1 Å². The number of rotatable bonds is 27. The summed E-state index contributed by atoms with van der Waals surface area (Å²) >= 11 is 0. The van der Waals surface area contributed by atoms with E-state index in [-0.39, 0.29) is 69.1 Å². The van der Waals surface area contributed by atoms with Gasteiger partial charge in [-0.3, -0.25) is 62.9 Å². The van der Waals surface area contributed by atoms with Gasteiger partial charge in [0.1, 0.15) is 61.5 Å². The molecular formula is C67H105N15O19. The fraction of sp³-hybridized carbons (Fsp3) is 0.612. The summed E-state index contributed by atoms with van der Waals surface area (Å²) in [5.41, 5.74) is 12.2. The standard InChI is InChI=1S/C67H105N15O19/c1-12-37(10)48-61(94)80-49(38(11)84)60(93)72-29-46(85)78-51(54(88)65(98)73-30-47(86)100-32-39-20-15-13-16-21-39)63(96)77-45(31-83)66(99)101-55(40-22-17-14-18-23-40)52(82-59(92)44(28-35(6)7)75-56(89)41(68)26-33(2)3)64(97)81-50(53(87)36(8)9)62(95)76-43(27-34(4)5)58(91)74-42(57(90)79-48)24-19-25-71-67(69)70/h13-18,20-23,33-38,41-45,48-55,83-84,87-88H,12,19,24-32,68H2,1-11H3,(H,72,93)(H,73,98)(H,74,91)(H,75,89)(H,76,95)(H,77,96)(H,78,85)(H,79,90)(H,80,94)(H,81,97)(H,82,92)(H4,69,70,71)/t37-,38-,41+,42+,43-,44-,45-,48-,49-,50-,51-,52-,53+,54-,55+/m0/s1. The number of amides is 11. The number of cyclic esters (lactones) is 1. The zero-order valence-electron chi connectivity index (χ0n) is 59.1. The molecule has 0 unspecified atom stereocenters. The molecule has 1 fully saturated rings. The smallest absolute Gasteiger partial charge is 0.331 e. The number of aliphatic hydroxyl groups excluding tert-OH is 4. The third-order valence-electron chi connectivity index (χ3n) is 16.1. The maximum atomic E-state index is 15.5. The van der Waals surface area contributed by atoms with E-state index < -0.39 is 205 Å². The van der Waals surface area contributed by atoms with Crippen molar-refractivity contribution in [3.63, 3.8) is 0 Å². The molecule has 11 amide bonds. The molecule has 21 N–H and O–H groups in total. The highest BCUT2D eigenvalue weighted by Gasteiger charge is 2.44. The lowest BCUT2D eigenvalue weighted by atomic mass is 9.95. The van der Waals surface area contributed by atoms with Gasteiger partial charge < -0.3 is 105 Å². The van der Waals surface area contributed by atoms with E-state index in [1.54, 1.807) is 71.9 Å². The predicted molar refractivity (Wildman–Crippen MR) is 365 cm³/mol. The summed E-state index contributed by atoms with van der Waals surface area (Å²) in [6.07, 6.45) is -8.39. The summed E-state index contributed by atoms with van der Waals surface area (Å²) in [6.45, 7) is 14.0. The van der Waals surface area contributed by atoms with Crippen LogP contribution in [0.2, 0.25) is 0 Å². The molecule has 101 heavy (non-hydrogen) atoms. The fourth-order valence-corrected chi connectivity index (χ4v) is 10.3. The molecule has 2 aromatic rings. The van der Waals surface area contributed by atoms with Crippen molar-refractivity contribution in [3.8, 4) is 0 Å². The van der Waals surface area contributed by atoms with Gasteiger partial charge in [0.05, 0.1) is 31.4 Å². The average Bonchev–Trinajstić information content (AvgIpc) is 0.807. The highest BCUT2D eigenvalue weighted by atomic mass is 16.5. The third-order valence-corrected chi connectivity index (χ3v) is 16.1. The first-order valence-electron chi connectivity index (χ1n) is 33.7. The lowest BCUT2D eigenvalue weighted by molar-refractivity contribution is -0.159. The summed E-state index contributed by atoms with van der Waals surface area (Å²) in [7, 11) is 0. The molecule has 15 atom stereocenters. The van der Waals surface area contributed by atoms with Crippen molar-refractivity contribution < 1.29 is 92.2 Å². The lowest BCUT2D eigenvalue weighted by Crippen LogP contribution is -2.64. The summed E-state index contributed by atoms with van der Waals surface area (Å²) < 4.78 is 11.2. The van der Waals surface area contributed by atoms with Crippen LogP contribution < -0.4 is 75.3 Å². The van der Waals surface area contributed by atoms with Crippen LogP contribution in [0.25, 0.3) is 0 Å². The van der Waals surface area contributed by atoms with E-state index in [4.69, 9.17) is 26.4 Å². The van der Waals surface area contributed by atoms with E-state index in [2.05, 4.69) is 58.5 Å². The molecule has 0 radical (unpaired) electrons. The molecule has 34 heteroatoms. The quantitative estimate of drug-likeness (QED) is 0.0176. The average molecular weight is 1420 g/mol. The number of carbonyl (C=O) groups is 13. The Kier molecular flexibility index (Phi) is 36.3. The van der Waals surface area contributed by atoms with Crippen LogP contribution in [0.1, 0.15) is 132 Å². The van der Waals surface area contributed by atoms with Crippen LogP contribution in [0.3, 0.4) is 0 Å². The topological polar surface area (TPSA) is 542 Å². The molecule has 1 aliphatic rings. The molecule has 0 aromatic heterocycles. The Morgan fingerprint density at radius 1 is 0.634 bits per heavy atom. The number of carbonyl (C=O) groups excluding carboxylic acids is 13. The minimum absolute atomic E-state index is 0.000946. The Balaban J connectivity index is 2.42. The number of aliphatic hydroxyl groups is 4. The third kappa shape index (κ3) is 29.0. The van der Waals surface area contributed by atoms with E-state index in [1.807, 2.05) is 19.2 Å². The molecular weight excluding hydrogens is 1320 g/mol. The summed E-state index contributed by atoms with van der Waals surface area (Å²) in [4.78, 5) is 186. The van der Waals surface area contributed by atoms with Crippen molar-refractivity contribution in [1.82, 2.24) is 63.8 Å². The van der Waals surface area contributed by atoms with Gasteiger partial charge in [0.15, 0.2) is 24.2 Å². The number of nitrogens with two attached hydrogens (primary N) is 2. The van der Waals surface area contributed by atoms with Crippen molar-refractivity contribution in [1.29, 1.82) is 5.41 Å². The Labute approximate surface area is 587 Å². The SMILES string of the molecule is CC[C@H](C)[C@@H]1NC(=O)[C@@H](CCCNC(=N)N)NC(=O)[C@H](CC(C)C)NC(=O)[C@H]([C@H](O)C(C)C)NC(=O)[C@@H](NC(=O)[C@H](CC(C)C)NC(=O)[C@H](N)CC(C)C)[C@@H](c2ccccc2)OC(=O)[C@H](CO)NC(=O)[C@H]([C@H](O)C(=O)NCC(=O)OCc2ccccc2)NC(=O)CNC(=O)[C@H]([C@H](C)O)NC1=O. The summed E-state index contributed by atoms with van der Waals surface area (Å²) in [6, 6.07) is -2.90. The van der Waals surface area contributed by atoms with Gasteiger partial charge in [-0.05, 0) is 79.7 Å². The number of hydrogen-bond donors (Lipinski definition) is 19. The Bertz CT molecular complexity index is 3120. The minimum Gasteiger partial charge on any atom is -0.460 e. The molecule has 0 aliphatic carbocycles. The molecule has 1 aliphatic heterocycles. The Morgan fingerprint density at radius 3 is 1.75 bits per heavy atom. The van der Waals surface area contributed by atoms with E-state index in [0.717, 1.165) is 6.92 Å². The molecule has 2 aromatic carbocycles. The molecule has 34 nitrogen and oxygen atoms in total. The van der Waals surface area contributed by atoms with Crippen LogP contribution in [0.5, 0.6) is 0 Å². The number of nitrogens with one attached hydrogen (secondary N) is 13. The first-order valence-corrected chi connectivity index (χ1v) is 33.7. The molecule has 0 spiro atoms. The van der Waals surface area contributed by atoms with Crippen LogP contribution in [-0.4, -0.2) is 208 Å². The zero-order chi connectivity index (χ0) is 76.0. The molecule has 0 bridgehead atoms. The maximum Gasteiger partial charge on any atom is 0.331 e. The van der Waals surface area contributed by atoms with Crippen molar-refractivity contribution >= 4 is 82.9 Å². The molecule has 3 rings (SSSR count). The van der Waals surface area contributed by atoms with Gasteiger partial charge >= 0.3 is 11.9 Å². The second-order valence-corrected chi connectivity index (χ2v) is 26.6. The number of hydrogen-bond acceptors (Lipinski definition) is 21. The van der Waals surface area contributed by atoms with Crippen LogP contribution in [0.15, 0.2) is 60.7 Å². The maximum absolute atomic E-state index is 15.5. The van der Waals surface area contributed by atoms with Crippen molar-refractivity contribution in [2.75, 3.05) is 26.2 Å². The Hall–Kier alpha value is -9.38. The first kappa shape index (κ1) is 85.8. The second kappa shape index (κ2) is 42.7. The summed E-state index contributed by atoms with van der Waals surface area (Å²) in [5.74, 6) is -18.7. The van der Waals surface area contributed by atoms with Gasteiger partial charge in [0.2, 0.25) is 59.1 Å². The van der Waals surface area contributed by atoms with Gasteiger partial charge in [-0.15, -0.1) is 0 Å². The monoisotopic (exact) mass is 1420 g/mol. The van der Waals surface area contributed by atoms with Crippen LogP contribution in [-0.2, 0) is 78.4 Å². The highest BCUT2D eigenvalue weighted by Crippen LogP contribution is 2.25. The van der Waals surface area contributed by atoms with Gasteiger partial charge in [-0.25, -0.2) is 4.79 Å². The molecule has 1 saturated heterocycles. The van der Waals surface area contributed by atoms with E-state index in [0.29, 0.717) is 5.56 Å². The van der Waals surface area contributed by atoms with E-state index in [1.165, 1.54) is 44.2 Å². The minimum atomic E-state index is -2.69. The molecule has 562 valence electrons. The fourth-order valence-electron chi connectivity index (χ4n) is 10.3. The second-order valence-electron chi connectivity index (χ2n) is 26.6. The van der Waals surface area contributed by atoms with Crippen molar-refractivity contribution in [3.05, 3.63) is 71.8 Å². The van der Waals surface area contributed by atoms with Crippen LogP contribution >= 0.6 is 0 Å². The van der Waals surface area contributed by atoms with Gasteiger partial charge in [0.25, 0.3) is 5.91 Å². The Morgan fingerprint density at radius 2 is 1.19 bits per heavy atom. The van der Waals surface area contributed by atoms with Crippen LogP contribution in [0, 0.1) is 35.0 Å². The lowest BCUT2D eigenvalue weighted by Gasteiger charge is -2.34. The van der Waals surface area contributed by atoms with Gasteiger partial charge in [-0.2, -0.15) is 0 Å². The molecule has 0 saturated carbocycles. The predicted octanol–water partition coefficient (Wildman–Crippen LogP) is -3.85. The number of guanidine groups is 1. The van der Waals surface area contributed by atoms with Gasteiger partial charge in [-0.1, -0.05) is 136 Å². The first-order chi connectivity index (χ1) is 47.5. The largest absolute Gasteiger partial charge is 0.460 e. The number of ether oxygens (including phenoxy) is 2. The van der Waals surface area contributed by atoms with E-state index >= 15 is 9.59 Å². The number of esters is 2. The number of benzene rings is 2. The highest BCUT2D eigenvalue weighted by molar-refractivity contribution is 6.00. The van der Waals surface area contributed by atoms with Gasteiger partial charge in [0, 0.05) is 6.54 Å². The molecule has 1 heterocycles. The zero-order valence-corrected chi connectivity index (χ0v) is 59.1. The van der Waals surface area contributed by atoms with Crippen LogP contribution in [0.4, 0.5) is 0 Å². The van der Waals surface area contributed by atoms with Crippen molar-refractivity contribution in [2.45, 2.75) is 206 Å². The summed E-state index contributed by atoms with van der Waals surface area (Å²) in [5, 5.41) is 81.7. The normalized spacial score (nSPS) is 23.2. The van der Waals surface area contributed by atoms with E-state index in [9.17, 15) is 73.2 Å².